The van der Waals surface area contributed by atoms with Crippen molar-refractivity contribution in [2.75, 3.05) is 18.6 Å². The fraction of sp³-hybridized carbons (Fsp3) is 0.188. The minimum atomic E-state index is -1.11. The predicted octanol–water partition coefficient (Wildman–Crippen LogP) is 1.99. The number of pyridine rings is 1. The standard InChI is InChI=1S/C16H14N2O4/c1-22-12-3-5-14-10(8-12)6-7-18(14)15(19)11-2-4-13(16(20)21)17-9-11/h2-5,8-9H,6-7H2,1H3,(H,20,21). The predicted molar refractivity (Wildman–Crippen MR) is 79.6 cm³/mol. The van der Waals surface area contributed by atoms with E-state index in [4.69, 9.17) is 9.84 Å². The van der Waals surface area contributed by atoms with Gasteiger partial charge in [0.15, 0.2) is 0 Å². The van der Waals surface area contributed by atoms with E-state index in [1.54, 1.807) is 12.0 Å². The van der Waals surface area contributed by atoms with Gasteiger partial charge < -0.3 is 14.7 Å². The third-order valence-electron chi connectivity index (χ3n) is 3.66. The Labute approximate surface area is 127 Å². The Morgan fingerprint density at radius 2 is 2.09 bits per heavy atom. The molecule has 2 aromatic rings. The molecule has 22 heavy (non-hydrogen) atoms. The lowest BCUT2D eigenvalue weighted by Crippen LogP contribution is -2.29. The molecule has 6 nitrogen and oxygen atoms in total. The molecule has 0 unspecified atom stereocenters. The molecule has 1 aromatic heterocycles. The summed E-state index contributed by atoms with van der Waals surface area (Å²) < 4.78 is 5.19. The maximum atomic E-state index is 12.6. The molecule has 0 radical (unpaired) electrons. The molecule has 0 saturated carbocycles. The van der Waals surface area contributed by atoms with Gasteiger partial charge in [0, 0.05) is 18.4 Å². The Balaban J connectivity index is 1.87. The van der Waals surface area contributed by atoms with Crippen molar-refractivity contribution in [1.82, 2.24) is 4.98 Å². The topological polar surface area (TPSA) is 79.7 Å². The zero-order valence-corrected chi connectivity index (χ0v) is 11.9. The highest BCUT2D eigenvalue weighted by Gasteiger charge is 2.26. The molecule has 112 valence electrons. The molecule has 0 bridgehead atoms. The SMILES string of the molecule is COc1ccc2c(c1)CCN2C(=O)c1ccc(C(=O)O)nc1. The van der Waals surface area contributed by atoms with Gasteiger partial charge in [-0.2, -0.15) is 0 Å². The van der Waals surface area contributed by atoms with Crippen LogP contribution in [-0.2, 0) is 6.42 Å². The third kappa shape index (κ3) is 2.39. The van der Waals surface area contributed by atoms with Gasteiger partial charge in [0.1, 0.15) is 11.4 Å². The van der Waals surface area contributed by atoms with Crippen LogP contribution in [0.15, 0.2) is 36.5 Å². The van der Waals surface area contributed by atoms with Crippen LogP contribution in [0.5, 0.6) is 5.75 Å². The average molecular weight is 298 g/mol. The van der Waals surface area contributed by atoms with Crippen molar-refractivity contribution in [3.05, 3.63) is 53.3 Å². The molecule has 1 aromatic carbocycles. The Morgan fingerprint density at radius 3 is 2.73 bits per heavy atom. The lowest BCUT2D eigenvalue weighted by molar-refractivity contribution is 0.0690. The summed E-state index contributed by atoms with van der Waals surface area (Å²) in [6, 6.07) is 8.42. The minimum Gasteiger partial charge on any atom is -0.497 e. The summed E-state index contributed by atoms with van der Waals surface area (Å²) in [5.74, 6) is -0.536. The molecule has 6 heteroatoms. The average Bonchev–Trinajstić information content (AvgIpc) is 2.97. The molecule has 1 amide bonds. The molecule has 0 atom stereocenters. The lowest BCUT2D eigenvalue weighted by atomic mass is 10.1. The van der Waals surface area contributed by atoms with Crippen LogP contribution in [0.4, 0.5) is 5.69 Å². The van der Waals surface area contributed by atoms with Gasteiger partial charge >= 0.3 is 5.97 Å². The van der Waals surface area contributed by atoms with Crippen molar-refractivity contribution in [2.45, 2.75) is 6.42 Å². The van der Waals surface area contributed by atoms with Crippen LogP contribution in [0.2, 0.25) is 0 Å². The summed E-state index contributed by atoms with van der Waals surface area (Å²) in [4.78, 5) is 28.8. The molecule has 1 aliphatic rings. The number of hydrogen-bond acceptors (Lipinski definition) is 4. The Hall–Kier alpha value is -2.89. The maximum absolute atomic E-state index is 12.6. The number of methoxy groups -OCH3 is 1. The first kappa shape index (κ1) is 14.1. The fourth-order valence-electron chi connectivity index (χ4n) is 2.52. The van der Waals surface area contributed by atoms with E-state index < -0.39 is 5.97 Å². The smallest absolute Gasteiger partial charge is 0.354 e. The van der Waals surface area contributed by atoms with E-state index in [1.165, 1.54) is 18.3 Å². The van der Waals surface area contributed by atoms with Gasteiger partial charge in [0.25, 0.3) is 5.91 Å². The number of ether oxygens (including phenoxy) is 1. The van der Waals surface area contributed by atoms with Gasteiger partial charge in [-0.05, 0) is 42.3 Å². The monoisotopic (exact) mass is 298 g/mol. The largest absolute Gasteiger partial charge is 0.497 e. The van der Waals surface area contributed by atoms with E-state index in [-0.39, 0.29) is 11.6 Å². The number of carbonyl (C=O) groups is 2. The summed E-state index contributed by atoms with van der Waals surface area (Å²) in [6.45, 7) is 0.585. The number of fused-ring (bicyclic) bond motifs is 1. The Morgan fingerprint density at radius 1 is 1.27 bits per heavy atom. The Bertz CT molecular complexity index is 740. The van der Waals surface area contributed by atoms with E-state index in [1.807, 2.05) is 18.2 Å². The van der Waals surface area contributed by atoms with Gasteiger partial charge in [-0.25, -0.2) is 9.78 Å². The highest BCUT2D eigenvalue weighted by Crippen LogP contribution is 2.32. The van der Waals surface area contributed by atoms with Crippen molar-refractivity contribution in [3.63, 3.8) is 0 Å². The van der Waals surface area contributed by atoms with Crippen LogP contribution in [0.1, 0.15) is 26.4 Å². The van der Waals surface area contributed by atoms with Crippen LogP contribution in [0.3, 0.4) is 0 Å². The number of rotatable bonds is 3. The molecule has 2 heterocycles. The highest BCUT2D eigenvalue weighted by atomic mass is 16.5. The van der Waals surface area contributed by atoms with Crippen molar-refractivity contribution in [3.8, 4) is 5.75 Å². The number of hydrogen-bond donors (Lipinski definition) is 1. The van der Waals surface area contributed by atoms with Crippen LogP contribution in [0.25, 0.3) is 0 Å². The van der Waals surface area contributed by atoms with E-state index in [0.29, 0.717) is 12.1 Å². The van der Waals surface area contributed by atoms with E-state index in [0.717, 1.165) is 23.4 Å². The first-order chi connectivity index (χ1) is 10.6. The van der Waals surface area contributed by atoms with Gasteiger partial charge in [-0.15, -0.1) is 0 Å². The second kappa shape index (κ2) is 5.48. The summed E-state index contributed by atoms with van der Waals surface area (Å²) in [5, 5.41) is 8.84. The second-order valence-corrected chi connectivity index (χ2v) is 4.94. The molecule has 0 fully saturated rings. The zero-order chi connectivity index (χ0) is 15.7. The number of nitrogens with zero attached hydrogens (tertiary/aromatic N) is 2. The summed E-state index contributed by atoms with van der Waals surface area (Å²) in [7, 11) is 1.61. The summed E-state index contributed by atoms with van der Waals surface area (Å²) in [5.41, 5.74) is 2.20. The molecule has 3 rings (SSSR count). The zero-order valence-electron chi connectivity index (χ0n) is 11.9. The van der Waals surface area contributed by atoms with Crippen molar-refractivity contribution in [2.24, 2.45) is 0 Å². The maximum Gasteiger partial charge on any atom is 0.354 e. The van der Waals surface area contributed by atoms with Crippen LogP contribution in [-0.4, -0.2) is 35.6 Å². The molecular weight excluding hydrogens is 284 g/mol. The number of aromatic carboxylic acids is 1. The highest BCUT2D eigenvalue weighted by molar-refractivity contribution is 6.07. The van der Waals surface area contributed by atoms with Crippen molar-refractivity contribution < 1.29 is 19.4 Å². The molecule has 0 spiro atoms. The van der Waals surface area contributed by atoms with Crippen LogP contribution >= 0.6 is 0 Å². The fourth-order valence-corrected chi connectivity index (χ4v) is 2.52. The first-order valence-electron chi connectivity index (χ1n) is 6.78. The van der Waals surface area contributed by atoms with E-state index in [2.05, 4.69) is 4.98 Å². The number of anilines is 1. The van der Waals surface area contributed by atoms with E-state index in [9.17, 15) is 9.59 Å². The molecule has 0 aliphatic carbocycles. The van der Waals surface area contributed by atoms with Crippen LogP contribution < -0.4 is 9.64 Å². The normalized spacial score (nSPS) is 12.9. The second-order valence-electron chi connectivity index (χ2n) is 4.94. The number of benzene rings is 1. The van der Waals surface area contributed by atoms with Crippen molar-refractivity contribution >= 4 is 17.6 Å². The number of carbonyl (C=O) groups excluding carboxylic acids is 1. The number of carboxylic acid groups (broad SMARTS) is 1. The third-order valence-corrected chi connectivity index (χ3v) is 3.66. The summed E-state index contributed by atoms with van der Waals surface area (Å²) >= 11 is 0. The van der Waals surface area contributed by atoms with Gasteiger partial charge in [0.05, 0.1) is 12.7 Å². The van der Waals surface area contributed by atoms with Gasteiger partial charge in [0.2, 0.25) is 0 Å². The number of amides is 1. The number of aromatic nitrogens is 1. The van der Waals surface area contributed by atoms with E-state index >= 15 is 0 Å². The molecule has 0 saturated heterocycles. The van der Waals surface area contributed by atoms with Crippen molar-refractivity contribution in [1.29, 1.82) is 0 Å². The molecular formula is C16H14N2O4. The van der Waals surface area contributed by atoms with Gasteiger partial charge in [-0.3, -0.25) is 4.79 Å². The summed E-state index contributed by atoms with van der Waals surface area (Å²) in [6.07, 6.45) is 2.06. The minimum absolute atomic E-state index is 0.0805. The number of carboxylic acids is 1. The first-order valence-corrected chi connectivity index (χ1v) is 6.78. The Kier molecular flexibility index (Phi) is 3.50. The molecule has 1 aliphatic heterocycles. The lowest BCUT2D eigenvalue weighted by Gasteiger charge is -2.17. The molecule has 1 N–H and O–H groups in total. The van der Waals surface area contributed by atoms with Gasteiger partial charge in [-0.1, -0.05) is 0 Å². The van der Waals surface area contributed by atoms with Crippen LogP contribution in [0, 0.1) is 0 Å². The quantitative estimate of drug-likeness (QED) is 0.937.